The van der Waals surface area contributed by atoms with Gasteiger partial charge in [0, 0.05) is 23.1 Å². The molecule has 5 nitrogen and oxygen atoms in total. The number of rotatable bonds is 4. The van der Waals surface area contributed by atoms with Crippen LogP contribution in [0.25, 0.3) is 10.9 Å². The fraction of sp³-hybridized carbons (Fsp3) is 0.300. The van der Waals surface area contributed by atoms with Crippen molar-refractivity contribution in [3.63, 3.8) is 0 Å². The number of hydrogen-bond donors (Lipinski definition) is 2. The molecule has 0 saturated carbocycles. The fourth-order valence-electron chi connectivity index (χ4n) is 3.57. The van der Waals surface area contributed by atoms with Crippen molar-refractivity contribution >= 4 is 38.0 Å². The molecule has 2 N–H and O–H groups in total. The molecule has 8 heteroatoms. The molecule has 2 heterocycles. The van der Waals surface area contributed by atoms with Crippen molar-refractivity contribution in [1.29, 1.82) is 0 Å². The third kappa shape index (κ3) is 3.62. The summed E-state index contributed by atoms with van der Waals surface area (Å²) in [6.07, 6.45) is 3.33. The van der Waals surface area contributed by atoms with E-state index in [4.69, 9.17) is 11.6 Å². The van der Waals surface area contributed by atoms with Gasteiger partial charge < -0.3 is 15.2 Å². The van der Waals surface area contributed by atoms with Gasteiger partial charge in [0.2, 0.25) is 9.84 Å². The van der Waals surface area contributed by atoms with Crippen LogP contribution in [-0.4, -0.2) is 44.5 Å². The van der Waals surface area contributed by atoms with Gasteiger partial charge in [-0.25, -0.2) is 12.8 Å². The minimum Gasteiger partial charge on any atom is -0.381 e. The van der Waals surface area contributed by atoms with Gasteiger partial charge in [0.05, 0.1) is 20.5 Å². The number of sulfone groups is 1. The first-order valence-electron chi connectivity index (χ1n) is 9.11. The number of aromatic amines is 1. The average molecular weight is 422 g/mol. The highest BCUT2D eigenvalue weighted by Crippen LogP contribution is 2.33. The number of aromatic nitrogens is 1. The minimum atomic E-state index is -3.83. The van der Waals surface area contributed by atoms with E-state index >= 15 is 0 Å². The number of halogens is 2. The second kappa shape index (κ2) is 7.39. The SMILES string of the molecule is CN1CCC(Nc2cc(S(=O)(=O)c3c[nH]c4ccc(F)cc34)ccc2Cl)CC1. The number of benzene rings is 2. The van der Waals surface area contributed by atoms with Crippen molar-refractivity contribution < 1.29 is 12.8 Å². The van der Waals surface area contributed by atoms with Crippen LogP contribution >= 0.6 is 11.6 Å². The first-order valence-corrected chi connectivity index (χ1v) is 11.0. The second-order valence-corrected chi connectivity index (χ2v) is 9.54. The van der Waals surface area contributed by atoms with Gasteiger partial charge in [-0.1, -0.05) is 11.6 Å². The Hall–Kier alpha value is -2.09. The largest absolute Gasteiger partial charge is 0.381 e. The number of fused-ring (bicyclic) bond motifs is 1. The summed E-state index contributed by atoms with van der Waals surface area (Å²) in [5.74, 6) is -0.482. The molecule has 3 aromatic rings. The normalized spacial score (nSPS) is 16.5. The molecule has 1 aromatic heterocycles. The zero-order chi connectivity index (χ0) is 19.9. The van der Waals surface area contributed by atoms with E-state index in [1.165, 1.54) is 30.5 Å². The molecule has 1 aliphatic rings. The Morgan fingerprint density at radius 1 is 1.18 bits per heavy atom. The van der Waals surface area contributed by atoms with E-state index in [9.17, 15) is 12.8 Å². The lowest BCUT2D eigenvalue weighted by Gasteiger charge is -2.30. The molecule has 2 aromatic carbocycles. The molecule has 1 fully saturated rings. The van der Waals surface area contributed by atoms with Crippen molar-refractivity contribution in [3.8, 4) is 0 Å². The summed E-state index contributed by atoms with van der Waals surface area (Å²) >= 11 is 6.31. The number of nitrogens with one attached hydrogen (secondary N) is 2. The van der Waals surface area contributed by atoms with Crippen LogP contribution in [0.2, 0.25) is 5.02 Å². The first kappa shape index (κ1) is 19.2. The highest BCUT2D eigenvalue weighted by atomic mass is 35.5. The van der Waals surface area contributed by atoms with Crippen LogP contribution in [0, 0.1) is 5.82 Å². The molecule has 0 spiro atoms. The molecule has 0 atom stereocenters. The Morgan fingerprint density at radius 3 is 2.68 bits per heavy atom. The minimum absolute atomic E-state index is 0.0505. The van der Waals surface area contributed by atoms with Crippen molar-refractivity contribution in [3.05, 3.63) is 53.4 Å². The molecule has 0 aliphatic carbocycles. The summed E-state index contributed by atoms with van der Waals surface area (Å²) < 4.78 is 40.0. The maximum atomic E-state index is 13.7. The van der Waals surface area contributed by atoms with Gasteiger partial charge in [-0.3, -0.25) is 0 Å². The van der Waals surface area contributed by atoms with Crippen LogP contribution in [0.1, 0.15) is 12.8 Å². The Kier molecular flexibility index (Phi) is 5.07. The van der Waals surface area contributed by atoms with Crippen molar-refractivity contribution in [2.45, 2.75) is 28.7 Å². The summed E-state index contributed by atoms with van der Waals surface area (Å²) in [4.78, 5) is 5.33. The third-order valence-electron chi connectivity index (χ3n) is 5.22. The number of H-pyrrole nitrogens is 1. The van der Waals surface area contributed by atoms with Crippen LogP contribution in [0.4, 0.5) is 10.1 Å². The predicted octanol–water partition coefficient (Wildman–Crippen LogP) is 4.30. The molecule has 148 valence electrons. The van der Waals surface area contributed by atoms with Crippen molar-refractivity contribution in [2.75, 3.05) is 25.5 Å². The monoisotopic (exact) mass is 421 g/mol. The Bertz CT molecular complexity index is 1120. The standard InChI is InChI=1S/C20H21ClFN3O2S/c1-25-8-6-14(7-9-25)24-19-11-15(3-4-17(19)21)28(26,27)20-12-23-18-5-2-13(22)10-16(18)20/h2-5,10-12,14,23-24H,6-9H2,1H3. The van der Waals surface area contributed by atoms with Gasteiger partial charge in [-0.15, -0.1) is 0 Å². The maximum Gasteiger partial charge on any atom is 0.208 e. The molecule has 0 amide bonds. The van der Waals surface area contributed by atoms with E-state index < -0.39 is 15.7 Å². The molecule has 28 heavy (non-hydrogen) atoms. The molecular weight excluding hydrogens is 401 g/mol. The second-order valence-electron chi connectivity index (χ2n) is 7.21. The van der Waals surface area contributed by atoms with Crippen LogP contribution in [0.5, 0.6) is 0 Å². The lowest BCUT2D eigenvalue weighted by Crippen LogP contribution is -2.36. The van der Waals surface area contributed by atoms with Crippen LogP contribution in [-0.2, 0) is 9.84 Å². The topological polar surface area (TPSA) is 65.2 Å². The summed E-state index contributed by atoms with van der Waals surface area (Å²) in [5, 5.41) is 4.19. The number of likely N-dealkylation sites (tertiary alicyclic amines) is 1. The zero-order valence-corrected chi connectivity index (χ0v) is 16.9. The van der Waals surface area contributed by atoms with Gasteiger partial charge >= 0.3 is 0 Å². The van der Waals surface area contributed by atoms with Gasteiger partial charge in [-0.2, -0.15) is 0 Å². The molecule has 4 rings (SSSR count). The lowest BCUT2D eigenvalue weighted by molar-refractivity contribution is 0.264. The summed E-state index contributed by atoms with van der Waals surface area (Å²) in [7, 11) is -1.75. The van der Waals surface area contributed by atoms with Crippen molar-refractivity contribution in [2.24, 2.45) is 0 Å². The Balaban J connectivity index is 1.69. The molecule has 0 radical (unpaired) electrons. The van der Waals surface area contributed by atoms with E-state index in [2.05, 4.69) is 22.2 Å². The van der Waals surface area contributed by atoms with Gasteiger partial charge in [0.25, 0.3) is 0 Å². The van der Waals surface area contributed by atoms with Crippen molar-refractivity contribution in [1.82, 2.24) is 9.88 Å². The third-order valence-corrected chi connectivity index (χ3v) is 7.34. The number of piperidine rings is 1. The first-order chi connectivity index (χ1) is 13.3. The van der Waals surface area contributed by atoms with E-state index in [-0.39, 0.29) is 15.8 Å². The predicted molar refractivity (Wildman–Crippen MR) is 109 cm³/mol. The average Bonchev–Trinajstić information content (AvgIpc) is 3.09. The molecular formula is C20H21ClFN3O2S. The highest BCUT2D eigenvalue weighted by Gasteiger charge is 2.24. The Labute approximate surface area is 168 Å². The summed E-state index contributed by atoms with van der Waals surface area (Å²) in [5.41, 5.74) is 1.17. The quantitative estimate of drug-likeness (QED) is 0.659. The molecule has 0 unspecified atom stereocenters. The van der Waals surface area contributed by atoms with E-state index in [0.29, 0.717) is 21.6 Å². The van der Waals surface area contributed by atoms with E-state index in [1.54, 1.807) is 12.1 Å². The number of nitrogens with zero attached hydrogens (tertiary/aromatic N) is 1. The molecule has 1 aliphatic heterocycles. The molecule has 1 saturated heterocycles. The van der Waals surface area contributed by atoms with Crippen LogP contribution < -0.4 is 5.32 Å². The lowest BCUT2D eigenvalue weighted by atomic mass is 10.1. The summed E-state index contributed by atoms with van der Waals surface area (Å²) in [6, 6.07) is 8.92. The number of hydrogen-bond acceptors (Lipinski definition) is 4. The van der Waals surface area contributed by atoms with Gasteiger partial charge in [-0.05, 0) is 69.4 Å². The van der Waals surface area contributed by atoms with E-state index in [1.807, 2.05) is 0 Å². The number of anilines is 1. The van der Waals surface area contributed by atoms with Crippen LogP contribution in [0.3, 0.4) is 0 Å². The van der Waals surface area contributed by atoms with Crippen LogP contribution in [0.15, 0.2) is 52.4 Å². The van der Waals surface area contributed by atoms with E-state index in [0.717, 1.165) is 25.9 Å². The highest BCUT2D eigenvalue weighted by molar-refractivity contribution is 7.91. The Morgan fingerprint density at radius 2 is 1.93 bits per heavy atom. The van der Waals surface area contributed by atoms with Gasteiger partial charge in [0.1, 0.15) is 5.82 Å². The maximum absolute atomic E-state index is 13.7. The summed E-state index contributed by atoms with van der Waals surface area (Å²) in [6.45, 7) is 1.96. The smallest absolute Gasteiger partial charge is 0.208 e. The fourth-order valence-corrected chi connectivity index (χ4v) is 5.19. The van der Waals surface area contributed by atoms with Gasteiger partial charge in [0.15, 0.2) is 0 Å². The zero-order valence-electron chi connectivity index (χ0n) is 15.4. The molecule has 0 bridgehead atoms.